The second-order valence-corrected chi connectivity index (χ2v) is 11.1. The van der Waals surface area contributed by atoms with Crippen molar-refractivity contribution in [2.75, 3.05) is 50.6 Å². The van der Waals surface area contributed by atoms with Gasteiger partial charge in [0.1, 0.15) is 18.1 Å². The van der Waals surface area contributed by atoms with E-state index in [1.807, 2.05) is 90.5 Å². The van der Waals surface area contributed by atoms with Gasteiger partial charge in [0, 0.05) is 29.8 Å². The van der Waals surface area contributed by atoms with Crippen LogP contribution in [0, 0.1) is 6.92 Å². The Balaban J connectivity index is 1.61. The van der Waals surface area contributed by atoms with Gasteiger partial charge in [0.15, 0.2) is 0 Å². The van der Waals surface area contributed by atoms with Crippen molar-refractivity contribution >= 4 is 29.4 Å². The lowest BCUT2D eigenvalue weighted by Crippen LogP contribution is -2.48. The number of morpholine rings is 1. The Labute approximate surface area is 243 Å². The van der Waals surface area contributed by atoms with Gasteiger partial charge in [-0.1, -0.05) is 66.7 Å². The molecule has 2 amide bonds. The average Bonchev–Trinajstić information content (AvgIpc) is 3.34. The van der Waals surface area contributed by atoms with Crippen molar-refractivity contribution in [3.8, 4) is 22.7 Å². The number of fused-ring (bicyclic) bond motifs is 1. The lowest BCUT2D eigenvalue weighted by molar-refractivity contribution is -0.134. The van der Waals surface area contributed by atoms with Gasteiger partial charge in [-0.2, -0.15) is 5.10 Å². The second-order valence-electron chi connectivity index (χ2n) is 10.1. The van der Waals surface area contributed by atoms with Crippen LogP contribution in [0.3, 0.4) is 0 Å². The minimum absolute atomic E-state index is 0.0726. The molecule has 0 radical (unpaired) electrons. The summed E-state index contributed by atoms with van der Waals surface area (Å²) < 4.78 is 13.1. The monoisotopic (exact) mass is 568 g/mol. The molecule has 2 aliphatic heterocycles. The summed E-state index contributed by atoms with van der Waals surface area (Å²) in [5.41, 5.74) is 5.41. The van der Waals surface area contributed by atoms with E-state index in [2.05, 4.69) is 0 Å². The van der Waals surface area contributed by atoms with Crippen LogP contribution in [-0.4, -0.2) is 72.2 Å². The molecule has 41 heavy (non-hydrogen) atoms. The van der Waals surface area contributed by atoms with E-state index in [0.29, 0.717) is 32.1 Å². The van der Waals surface area contributed by atoms with Crippen LogP contribution in [0.1, 0.15) is 21.9 Å². The third-order valence-corrected chi connectivity index (χ3v) is 8.80. The molecule has 0 N–H and O–H groups in total. The van der Waals surface area contributed by atoms with Gasteiger partial charge < -0.3 is 14.4 Å². The van der Waals surface area contributed by atoms with Crippen molar-refractivity contribution < 1.29 is 19.1 Å². The topological polar surface area (TPSA) is 76.9 Å². The van der Waals surface area contributed by atoms with Gasteiger partial charge in [-0.3, -0.25) is 14.5 Å². The van der Waals surface area contributed by atoms with Gasteiger partial charge in [-0.05, 0) is 24.6 Å². The molecular formula is C32H32N4O4S. The van der Waals surface area contributed by atoms with Gasteiger partial charge in [0.05, 0.1) is 42.7 Å². The summed E-state index contributed by atoms with van der Waals surface area (Å²) in [6.45, 7) is 3.97. The fourth-order valence-electron chi connectivity index (χ4n) is 5.47. The molecule has 2 aliphatic rings. The molecule has 0 aliphatic carbocycles. The largest absolute Gasteiger partial charge is 0.496 e. The zero-order valence-corrected chi connectivity index (χ0v) is 24.0. The van der Waals surface area contributed by atoms with Crippen LogP contribution in [-0.2, 0) is 14.3 Å². The fourth-order valence-corrected chi connectivity index (χ4v) is 6.70. The van der Waals surface area contributed by atoms with E-state index in [-0.39, 0.29) is 29.4 Å². The summed E-state index contributed by atoms with van der Waals surface area (Å²) in [6, 6.07) is 25.9. The Hall–Kier alpha value is -4.08. The van der Waals surface area contributed by atoms with Gasteiger partial charge in [-0.25, -0.2) is 4.68 Å². The number of benzene rings is 3. The Kier molecular flexibility index (Phi) is 7.80. The number of hydrogen-bond donors (Lipinski definition) is 0. The number of nitrogens with zero attached hydrogens (tertiary/aromatic N) is 4. The van der Waals surface area contributed by atoms with Crippen molar-refractivity contribution in [1.82, 2.24) is 14.7 Å². The maximum atomic E-state index is 14.0. The first kappa shape index (κ1) is 27.1. The molecule has 0 bridgehead atoms. The Bertz CT molecular complexity index is 1570. The number of thioether (sulfide) groups is 1. The molecule has 210 valence electrons. The number of aryl methyl sites for hydroxylation is 1. The molecule has 0 spiro atoms. The highest BCUT2D eigenvalue weighted by Gasteiger charge is 2.39. The third-order valence-electron chi connectivity index (χ3n) is 7.56. The van der Waals surface area contributed by atoms with E-state index in [4.69, 9.17) is 14.6 Å². The maximum Gasteiger partial charge on any atom is 0.242 e. The highest BCUT2D eigenvalue weighted by Crippen LogP contribution is 2.50. The van der Waals surface area contributed by atoms with Crippen LogP contribution >= 0.6 is 11.8 Å². The first-order chi connectivity index (χ1) is 20.1. The predicted octanol–water partition coefficient (Wildman–Crippen LogP) is 4.88. The number of hydrogen-bond acceptors (Lipinski definition) is 6. The number of carbonyl (C=O) groups is 2. The number of methoxy groups -OCH3 is 1. The Morgan fingerprint density at radius 3 is 2.46 bits per heavy atom. The highest BCUT2D eigenvalue weighted by atomic mass is 32.2. The van der Waals surface area contributed by atoms with Crippen LogP contribution in [0.4, 0.5) is 5.82 Å². The molecule has 4 aromatic rings. The smallest absolute Gasteiger partial charge is 0.242 e. The Morgan fingerprint density at radius 1 is 1.00 bits per heavy atom. The number of rotatable bonds is 6. The van der Waals surface area contributed by atoms with E-state index in [0.717, 1.165) is 39.4 Å². The minimum atomic E-state index is -0.262. The molecule has 1 fully saturated rings. The number of carbonyl (C=O) groups excluding carboxylic acids is 2. The van der Waals surface area contributed by atoms with Crippen LogP contribution in [0.2, 0.25) is 0 Å². The summed E-state index contributed by atoms with van der Waals surface area (Å²) in [4.78, 5) is 31.0. The zero-order chi connectivity index (χ0) is 28.3. The summed E-state index contributed by atoms with van der Waals surface area (Å²) >= 11 is 1.54. The summed E-state index contributed by atoms with van der Waals surface area (Å²) in [5, 5.41) is 4.93. The summed E-state index contributed by atoms with van der Waals surface area (Å²) in [7, 11) is 1.66. The molecule has 9 heteroatoms. The molecule has 3 aromatic carbocycles. The average molecular weight is 569 g/mol. The molecule has 8 nitrogen and oxygen atoms in total. The van der Waals surface area contributed by atoms with Crippen molar-refractivity contribution in [1.29, 1.82) is 0 Å². The van der Waals surface area contributed by atoms with Crippen molar-refractivity contribution in [2.24, 2.45) is 0 Å². The van der Waals surface area contributed by atoms with Crippen molar-refractivity contribution in [3.05, 3.63) is 95.6 Å². The third kappa shape index (κ3) is 5.23. The number of aromatic nitrogens is 2. The normalized spacial score (nSPS) is 17.2. The summed E-state index contributed by atoms with van der Waals surface area (Å²) in [6.07, 6.45) is 0. The van der Waals surface area contributed by atoms with Gasteiger partial charge >= 0.3 is 0 Å². The van der Waals surface area contributed by atoms with Crippen LogP contribution in [0.15, 0.2) is 78.9 Å². The van der Waals surface area contributed by atoms with E-state index in [1.54, 1.807) is 16.9 Å². The first-order valence-electron chi connectivity index (χ1n) is 13.7. The number of ether oxygens (including phenoxy) is 2. The van der Waals surface area contributed by atoms with Gasteiger partial charge in [-0.15, -0.1) is 11.8 Å². The minimum Gasteiger partial charge on any atom is -0.496 e. The highest BCUT2D eigenvalue weighted by molar-refractivity contribution is 8.00. The number of anilines is 1. The SMILES string of the molecule is COc1ccccc1[C@H]1SCC(=O)N(CC(=O)N2CCOCC2)c2c1c(-c1ccccc1)nn2-c1ccccc1C. The molecular weight excluding hydrogens is 536 g/mol. The lowest BCUT2D eigenvalue weighted by atomic mass is 9.99. The number of para-hydroxylation sites is 2. The maximum absolute atomic E-state index is 14.0. The molecule has 0 unspecified atom stereocenters. The molecule has 3 heterocycles. The quantitative estimate of drug-likeness (QED) is 0.330. The Morgan fingerprint density at radius 2 is 1.71 bits per heavy atom. The fraction of sp³-hybridized carbons (Fsp3) is 0.281. The predicted molar refractivity (Wildman–Crippen MR) is 161 cm³/mol. The second kappa shape index (κ2) is 11.8. The molecule has 0 saturated carbocycles. The van der Waals surface area contributed by atoms with Gasteiger partial charge in [0.2, 0.25) is 11.8 Å². The number of amides is 2. The summed E-state index contributed by atoms with van der Waals surface area (Å²) in [5.74, 6) is 1.32. The van der Waals surface area contributed by atoms with E-state index < -0.39 is 0 Å². The standard InChI is InChI=1S/C32H32N4O4S/c1-22-10-6-8-14-25(22)36-32-29(30(33-36)23-11-4-3-5-12-23)31(24-13-7-9-15-26(24)39-2)41-21-28(38)35(32)20-27(37)34-16-18-40-19-17-34/h3-15,31H,16-21H2,1-2H3/t31-/m1/s1. The molecule has 6 rings (SSSR count). The van der Waals surface area contributed by atoms with E-state index in [9.17, 15) is 9.59 Å². The van der Waals surface area contributed by atoms with Crippen LogP contribution < -0.4 is 9.64 Å². The van der Waals surface area contributed by atoms with Gasteiger partial charge in [0.25, 0.3) is 0 Å². The van der Waals surface area contributed by atoms with Crippen LogP contribution in [0.5, 0.6) is 5.75 Å². The van der Waals surface area contributed by atoms with E-state index >= 15 is 0 Å². The molecule has 1 atom stereocenters. The van der Waals surface area contributed by atoms with Crippen molar-refractivity contribution in [3.63, 3.8) is 0 Å². The van der Waals surface area contributed by atoms with E-state index in [1.165, 1.54) is 11.8 Å². The first-order valence-corrected chi connectivity index (χ1v) is 14.8. The van der Waals surface area contributed by atoms with Crippen molar-refractivity contribution in [2.45, 2.75) is 12.2 Å². The molecule has 1 aromatic heterocycles. The zero-order valence-electron chi connectivity index (χ0n) is 23.2. The van der Waals surface area contributed by atoms with Crippen LogP contribution in [0.25, 0.3) is 16.9 Å². The lowest BCUT2D eigenvalue weighted by Gasteiger charge is -2.30. The molecule has 1 saturated heterocycles.